The lowest BCUT2D eigenvalue weighted by atomic mass is 10.1. The molecule has 1 aliphatic rings. The summed E-state index contributed by atoms with van der Waals surface area (Å²) in [6.07, 6.45) is 8.26. The van der Waals surface area contributed by atoms with Gasteiger partial charge in [-0.05, 0) is 41.5 Å². The van der Waals surface area contributed by atoms with Gasteiger partial charge in [0.1, 0.15) is 0 Å². The Morgan fingerprint density at radius 1 is 1.03 bits per heavy atom. The second kappa shape index (κ2) is 9.69. The van der Waals surface area contributed by atoms with E-state index in [0.717, 1.165) is 23.0 Å². The molecule has 6 heteroatoms. The van der Waals surface area contributed by atoms with Gasteiger partial charge in [-0.1, -0.05) is 66.4 Å². The van der Waals surface area contributed by atoms with Crippen molar-refractivity contribution in [2.45, 2.75) is 18.4 Å². The Balaban J connectivity index is 0.00000259. The van der Waals surface area contributed by atoms with E-state index in [-0.39, 0.29) is 19.0 Å². The van der Waals surface area contributed by atoms with Crippen LogP contribution in [0.15, 0.2) is 95.0 Å². The van der Waals surface area contributed by atoms with E-state index in [1.54, 1.807) is 0 Å². The van der Waals surface area contributed by atoms with Crippen LogP contribution in [0, 0.1) is 5.41 Å². The van der Waals surface area contributed by atoms with Gasteiger partial charge in [0.25, 0.3) is 0 Å². The summed E-state index contributed by atoms with van der Waals surface area (Å²) in [4.78, 5) is 3.67. The third-order valence-corrected chi connectivity index (χ3v) is 6.92. The van der Waals surface area contributed by atoms with Gasteiger partial charge in [0.15, 0.2) is 12.7 Å². The van der Waals surface area contributed by atoms with E-state index in [2.05, 4.69) is 72.5 Å². The van der Waals surface area contributed by atoms with Crippen LogP contribution in [-0.2, 0) is 6.54 Å². The highest BCUT2D eigenvalue weighted by Crippen LogP contribution is 2.49. The summed E-state index contributed by atoms with van der Waals surface area (Å²) in [5, 5.41) is 23.5. The molecular formula is C27H24ClN3OS. The molecule has 0 spiro atoms. The molecule has 1 N–H and O–H groups in total. The number of hydrogen-bond donors (Lipinski definition) is 1. The molecule has 0 radical (unpaired) electrons. The predicted octanol–water partition coefficient (Wildman–Crippen LogP) is 5.53. The molecule has 0 amide bonds. The van der Waals surface area contributed by atoms with Crippen LogP contribution in [0.25, 0.3) is 27.8 Å². The van der Waals surface area contributed by atoms with Crippen LogP contribution in [0.1, 0.15) is 12.5 Å². The van der Waals surface area contributed by atoms with Crippen LogP contribution in [0.5, 0.6) is 0 Å². The molecule has 0 aliphatic carbocycles. The Hall–Kier alpha value is -3.28. The number of fused-ring (bicyclic) bond motifs is 4. The highest BCUT2D eigenvalue weighted by Gasteiger charge is 2.25. The number of allylic oxidation sites excluding steroid dienone is 2. The minimum atomic E-state index is -0.599. The summed E-state index contributed by atoms with van der Waals surface area (Å²) < 4.78 is 1.83. The van der Waals surface area contributed by atoms with Crippen molar-refractivity contribution in [3.05, 3.63) is 95.7 Å². The summed E-state index contributed by atoms with van der Waals surface area (Å²) in [6, 6.07) is 23.0. The minimum absolute atomic E-state index is 0. The van der Waals surface area contributed by atoms with Crippen molar-refractivity contribution in [1.82, 2.24) is 0 Å². The van der Waals surface area contributed by atoms with Crippen molar-refractivity contribution in [3.63, 3.8) is 0 Å². The lowest BCUT2D eigenvalue weighted by Crippen LogP contribution is -2.42. The zero-order valence-corrected chi connectivity index (χ0v) is 19.8. The van der Waals surface area contributed by atoms with Gasteiger partial charge in [0.2, 0.25) is 5.52 Å². The standard InChI is InChI=1S/C27H23N3OS.ClH/c1-2-30-24-15-14-19-8-3-4-11-22(19)27(24)32-26(30)13-7-9-20-16-17-29(18-25(28)31)23-12-6-5-10-21(20)23;/h3-17H,2,18H2,1H3,(H-,28,31);1H. The van der Waals surface area contributed by atoms with Crippen LogP contribution in [0.4, 0.5) is 5.69 Å². The normalized spacial score (nSPS) is 14.2. The van der Waals surface area contributed by atoms with Crippen molar-refractivity contribution >= 4 is 63.5 Å². The number of nitrogens with one attached hydrogen (secondary N) is 1. The number of rotatable bonds is 5. The van der Waals surface area contributed by atoms with Gasteiger partial charge in [-0.2, -0.15) is 4.57 Å². The first kappa shape index (κ1) is 22.9. The summed E-state index contributed by atoms with van der Waals surface area (Å²) in [7, 11) is 0. The van der Waals surface area contributed by atoms with Crippen LogP contribution in [0.2, 0.25) is 0 Å². The maximum atomic E-state index is 11.3. The molecule has 4 nitrogen and oxygen atoms in total. The maximum absolute atomic E-state index is 11.3. The monoisotopic (exact) mass is 473 g/mol. The average Bonchev–Trinajstić information content (AvgIpc) is 3.18. The highest BCUT2D eigenvalue weighted by molar-refractivity contribution is 8.04. The lowest BCUT2D eigenvalue weighted by Gasteiger charge is -2.17. The van der Waals surface area contributed by atoms with Gasteiger partial charge >= 0.3 is 0 Å². The third kappa shape index (κ3) is 4.34. The molecule has 166 valence electrons. The van der Waals surface area contributed by atoms with Gasteiger partial charge in [-0.25, -0.2) is 0 Å². The van der Waals surface area contributed by atoms with E-state index in [4.69, 9.17) is 5.41 Å². The number of anilines is 1. The quantitative estimate of drug-likeness (QED) is 0.235. The van der Waals surface area contributed by atoms with Gasteiger partial charge in [-0.3, -0.25) is 0 Å². The molecule has 0 saturated heterocycles. The fourth-order valence-electron chi connectivity index (χ4n) is 4.26. The fraction of sp³-hybridized carbons (Fsp3) is 0.111. The number of para-hydroxylation sites is 1. The first-order chi connectivity index (χ1) is 15.7. The van der Waals surface area contributed by atoms with E-state index in [1.165, 1.54) is 26.4 Å². The zero-order chi connectivity index (χ0) is 22.1. The number of pyridine rings is 1. The van der Waals surface area contributed by atoms with E-state index < -0.39 is 5.90 Å². The average molecular weight is 474 g/mol. The molecule has 0 atom stereocenters. The van der Waals surface area contributed by atoms with E-state index in [1.807, 2.05) is 46.8 Å². The number of aromatic nitrogens is 1. The second-order valence-corrected chi connectivity index (χ2v) is 8.72. The zero-order valence-electron chi connectivity index (χ0n) is 18.2. The van der Waals surface area contributed by atoms with Crippen molar-refractivity contribution in [1.29, 1.82) is 5.41 Å². The number of benzene rings is 3. The number of hydrogen-bond acceptors (Lipinski definition) is 4. The van der Waals surface area contributed by atoms with Gasteiger partial charge in [0, 0.05) is 29.5 Å². The van der Waals surface area contributed by atoms with Crippen molar-refractivity contribution in [3.8, 4) is 0 Å². The highest BCUT2D eigenvalue weighted by atomic mass is 35.5. The van der Waals surface area contributed by atoms with Gasteiger partial charge in [-0.15, -0.1) is 12.4 Å². The van der Waals surface area contributed by atoms with Crippen molar-refractivity contribution in [2.24, 2.45) is 0 Å². The summed E-state index contributed by atoms with van der Waals surface area (Å²) in [5.74, 6) is -0.599. The molecule has 3 aromatic carbocycles. The van der Waals surface area contributed by atoms with Gasteiger partial charge < -0.3 is 15.4 Å². The first-order valence-corrected chi connectivity index (χ1v) is 11.5. The molecule has 33 heavy (non-hydrogen) atoms. The van der Waals surface area contributed by atoms with E-state index >= 15 is 0 Å². The number of thioether (sulfide) groups is 1. The van der Waals surface area contributed by atoms with E-state index in [9.17, 15) is 5.11 Å². The Bertz CT molecular complexity index is 1410. The Morgan fingerprint density at radius 3 is 2.58 bits per heavy atom. The Morgan fingerprint density at radius 2 is 1.79 bits per heavy atom. The fourth-order valence-corrected chi connectivity index (χ4v) is 5.53. The lowest BCUT2D eigenvalue weighted by molar-refractivity contribution is -0.661. The van der Waals surface area contributed by atoms with Gasteiger partial charge in [0.05, 0.1) is 16.1 Å². The summed E-state index contributed by atoms with van der Waals surface area (Å²) in [5.41, 5.74) is 3.30. The molecule has 5 rings (SSSR count). The summed E-state index contributed by atoms with van der Waals surface area (Å²) in [6.45, 7) is 3.15. The van der Waals surface area contributed by atoms with Crippen molar-refractivity contribution < 1.29 is 9.67 Å². The van der Waals surface area contributed by atoms with Crippen LogP contribution < -0.4 is 14.6 Å². The molecule has 4 aromatic rings. The number of halogens is 1. The largest absolute Gasteiger partial charge is 0.858 e. The molecule has 0 bridgehead atoms. The minimum Gasteiger partial charge on any atom is -0.858 e. The number of nitrogens with zero attached hydrogens (tertiary/aromatic N) is 2. The third-order valence-electron chi connectivity index (χ3n) is 5.73. The predicted molar refractivity (Wildman–Crippen MR) is 139 cm³/mol. The summed E-state index contributed by atoms with van der Waals surface area (Å²) >= 11 is 1.82. The van der Waals surface area contributed by atoms with Crippen LogP contribution >= 0.6 is 24.2 Å². The van der Waals surface area contributed by atoms with Crippen molar-refractivity contribution in [2.75, 3.05) is 11.4 Å². The molecular weight excluding hydrogens is 450 g/mol. The molecule has 0 fully saturated rings. The topological polar surface area (TPSA) is 54.0 Å². The maximum Gasteiger partial charge on any atom is 0.213 e. The molecule has 0 saturated carbocycles. The Labute approximate surface area is 203 Å². The molecule has 2 heterocycles. The second-order valence-electron chi connectivity index (χ2n) is 7.68. The van der Waals surface area contributed by atoms with E-state index in [0.29, 0.717) is 0 Å². The smallest absolute Gasteiger partial charge is 0.213 e. The van der Waals surface area contributed by atoms with Crippen LogP contribution in [0.3, 0.4) is 0 Å². The molecule has 1 aliphatic heterocycles. The van der Waals surface area contributed by atoms with Crippen LogP contribution in [-0.4, -0.2) is 12.4 Å². The Kier molecular flexibility index (Phi) is 6.72. The first-order valence-electron chi connectivity index (χ1n) is 10.7. The SMILES string of the molecule is CCN1C(=CC=Cc2cc[n+](CC(=N)[O-])c3ccccc23)Sc2c1ccc1ccccc21.Cl. The molecule has 1 aromatic heterocycles. The molecule has 0 unspecified atom stereocenters.